The molecule has 6 aromatic carbocycles. The van der Waals surface area contributed by atoms with E-state index in [9.17, 15) is 0 Å². The van der Waals surface area contributed by atoms with Crippen LogP contribution in [-0.4, -0.2) is 55.6 Å². The van der Waals surface area contributed by atoms with Crippen LogP contribution in [0.2, 0.25) is 0 Å². The Morgan fingerprint density at radius 2 is 0.892 bits per heavy atom. The van der Waals surface area contributed by atoms with Crippen LogP contribution in [0, 0.1) is 0 Å². The molecule has 0 N–H and O–H groups in total. The second kappa shape index (κ2) is 21.0. The summed E-state index contributed by atoms with van der Waals surface area (Å²) >= 11 is 0. The van der Waals surface area contributed by atoms with E-state index in [1.807, 2.05) is 80.5 Å². The first-order chi connectivity index (χ1) is 36.5. The number of fused-ring (bicyclic) bond motifs is 9. The molecule has 6 heterocycles. The zero-order chi connectivity index (χ0) is 50.4. The van der Waals surface area contributed by atoms with Crippen molar-refractivity contribution in [2.75, 3.05) is 14.1 Å². The lowest BCUT2D eigenvalue weighted by molar-refractivity contribution is 1.16. The van der Waals surface area contributed by atoms with Gasteiger partial charge in [-0.2, -0.15) is 0 Å². The second-order valence-electron chi connectivity index (χ2n) is 18.0. The second-order valence-corrected chi connectivity index (χ2v) is 18.0. The summed E-state index contributed by atoms with van der Waals surface area (Å²) in [6.45, 7) is 5.36. The van der Waals surface area contributed by atoms with Crippen molar-refractivity contribution in [2.45, 2.75) is 13.3 Å². The third-order valence-electron chi connectivity index (χ3n) is 13.5. The SMILES string of the molecule is C/C=C\C=NC.C=CC=NC.c1cncc(-c2cccc(-c3ccc4c(c3)c3ncccc3n4-c3ccc4c(c3)-c3cc(-n5c6ccc(-c7cccc(-c8cccnc8)c7)cc6c6ncccc65)ccc3C4)c2)c1. The third-order valence-corrected chi connectivity index (χ3v) is 13.5. The highest BCUT2D eigenvalue weighted by Gasteiger charge is 2.23. The van der Waals surface area contributed by atoms with Gasteiger partial charge in [0.05, 0.1) is 33.1 Å². The van der Waals surface area contributed by atoms with Crippen molar-refractivity contribution >= 4 is 56.3 Å². The van der Waals surface area contributed by atoms with E-state index in [-0.39, 0.29) is 0 Å². The van der Waals surface area contributed by atoms with Crippen molar-refractivity contribution in [1.82, 2.24) is 29.1 Å². The Morgan fingerprint density at radius 3 is 1.30 bits per heavy atom. The molecule has 0 aliphatic heterocycles. The van der Waals surface area contributed by atoms with Crippen molar-refractivity contribution in [1.29, 1.82) is 0 Å². The summed E-state index contributed by atoms with van der Waals surface area (Å²) in [4.78, 5) is 25.9. The molecule has 8 nitrogen and oxygen atoms in total. The van der Waals surface area contributed by atoms with Gasteiger partial charge in [-0.15, -0.1) is 0 Å². The molecule has 1 aliphatic carbocycles. The first-order valence-electron chi connectivity index (χ1n) is 24.7. The maximum Gasteiger partial charge on any atom is 0.0963 e. The molecule has 0 unspecified atom stereocenters. The molecule has 13 rings (SSSR count). The molecular weight excluding hydrogens is 905 g/mol. The predicted octanol–water partition coefficient (Wildman–Crippen LogP) is 15.8. The Balaban J connectivity index is 0.000000486. The van der Waals surface area contributed by atoms with Gasteiger partial charge in [0.25, 0.3) is 0 Å². The highest BCUT2D eigenvalue weighted by molar-refractivity contribution is 6.10. The monoisotopic (exact) mass is 956 g/mol. The highest BCUT2D eigenvalue weighted by Crippen LogP contribution is 2.43. The highest BCUT2D eigenvalue weighted by atomic mass is 15.0. The lowest BCUT2D eigenvalue weighted by atomic mass is 9.99. The zero-order valence-electron chi connectivity index (χ0n) is 41.5. The van der Waals surface area contributed by atoms with Crippen molar-refractivity contribution in [3.8, 4) is 67.0 Å². The number of rotatable bonds is 8. The van der Waals surface area contributed by atoms with Crippen LogP contribution in [0.4, 0.5) is 0 Å². The Kier molecular flexibility index (Phi) is 13.2. The molecular formula is C66H52N8. The van der Waals surface area contributed by atoms with Gasteiger partial charge in [0.2, 0.25) is 0 Å². The molecule has 74 heavy (non-hydrogen) atoms. The smallest absolute Gasteiger partial charge is 0.0963 e. The van der Waals surface area contributed by atoms with E-state index < -0.39 is 0 Å². The lowest BCUT2D eigenvalue weighted by Crippen LogP contribution is -1.96. The lowest BCUT2D eigenvalue weighted by Gasteiger charge is -2.13. The normalized spacial score (nSPS) is 11.8. The van der Waals surface area contributed by atoms with Crippen LogP contribution < -0.4 is 0 Å². The number of aromatic nitrogens is 6. The van der Waals surface area contributed by atoms with Crippen LogP contribution in [0.15, 0.2) is 242 Å². The largest absolute Gasteiger partial charge is 0.308 e. The van der Waals surface area contributed by atoms with E-state index in [4.69, 9.17) is 9.97 Å². The van der Waals surface area contributed by atoms with Crippen molar-refractivity contribution < 1.29 is 0 Å². The van der Waals surface area contributed by atoms with Gasteiger partial charge in [-0.25, -0.2) is 0 Å². The van der Waals surface area contributed by atoms with E-state index in [0.29, 0.717) is 0 Å². The third kappa shape index (κ3) is 9.01. The average Bonchev–Trinajstić information content (AvgIpc) is 4.12. The Morgan fingerprint density at radius 1 is 0.446 bits per heavy atom. The summed E-state index contributed by atoms with van der Waals surface area (Å²) in [5, 5.41) is 2.25. The van der Waals surface area contributed by atoms with Gasteiger partial charge in [-0.05, 0) is 172 Å². The molecule has 0 spiro atoms. The average molecular weight is 957 g/mol. The minimum atomic E-state index is 0.900. The molecule has 8 heteroatoms. The fraction of sp³-hybridized carbons (Fsp3) is 0.0606. The first kappa shape index (κ1) is 46.7. The van der Waals surface area contributed by atoms with Crippen molar-refractivity contribution in [3.63, 3.8) is 0 Å². The molecule has 0 radical (unpaired) electrons. The van der Waals surface area contributed by atoms with E-state index in [1.165, 1.54) is 22.3 Å². The van der Waals surface area contributed by atoms with Crippen LogP contribution in [0.3, 0.4) is 0 Å². The summed E-state index contributed by atoms with van der Waals surface area (Å²) in [5.74, 6) is 0. The van der Waals surface area contributed by atoms with Gasteiger partial charge in [0.1, 0.15) is 0 Å². The fourth-order valence-electron chi connectivity index (χ4n) is 10.1. The van der Waals surface area contributed by atoms with Crippen LogP contribution in [0.5, 0.6) is 0 Å². The maximum atomic E-state index is 4.95. The van der Waals surface area contributed by atoms with Crippen LogP contribution >= 0.6 is 0 Å². The standard InChI is InChI=1S/C57H36N6.C5H9N.C4H7N/c1-7-36(27-38(9-1)44-11-3-23-58-34-44)40-17-21-52-50(30-40)56-54(13-5-25-60-56)62(52)46-19-15-42-29-43-16-20-47(33-49(43)48(42)32-46)63-53-22-18-41(31-51(53)57-55(63)14-6-26-61-57)37-8-2-10-39(28-37)45-12-4-24-59-35-45;1-3-4-5-6-2;1-3-4-5-2/h1-28,30-35H,29H2;3-5H,1-2H3;3-4H,1H2,2H3/b;4-3-,6-5?;. The zero-order valence-corrected chi connectivity index (χ0v) is 41.5. The molecule has 0 saturated heterocycles. The predicted molar refractivity (Wildman–Crippen MR) is 310 cm³/mol. The van der Waals surface area contributed by atoms with Crippen LogP contribution in [0.1, 0.15) is 18.1 Å². The van der Waals surface area contributed by atoms with Gasteiger partial charge in [-0.1, -0.05) is 91.5 Å². The van der Waals surface area contributed by atoms with Gasteiger partial charge >= 0.3 is 0 Å². The van der Waals surface area contributed by atoms with Gasteiger partial charge < -0.3 is 9.13 Å². The quantitative estimate of drug-likeness (QED) is 0.142. The van der Waals surface area contributed by atoms with E-state index in [1.54, 1.807) is 32.6 Å². The van der Waals surface area contributed by atoms with Crippen molar-refractivity contribution in [2.24, 2.45) is 9.98 Å². The molecule has 0 fully saturated rings. The van der Waals surface area contributed by atoms with Gasteiger partial charge in [0.15, 0.2) is 0 Å². The summed E-state index contributed by atoms with van der Waals surface area (Å²) in [6.07, 6.45) is 21.0. The minimum Gasteiger partial charge on any atom is -0.308 e. The summed E-state index contributed by atoms with van der Waals surface area (Å²) in [5.41, 5.74) is 23.0. The van der Waals surface area contributed by atoms with Crippen LogP contribution in [0.25, 0.3) is 111 Å². The summed E-state index contributed by atoms with van der Waals surface area (Å²) in [6, 6.07) is 61.5. The summed E-state index contributed by atoms with van der Waals surface area (Å²) < 4.78 is 4.75. The fourth-order valence-corrected chi connectivity index (χ4v) is 10.1. The number of pyridine rings is 4. The molecule has 0 saturated carbocycles. The first-order valence-corrected chi connectivity index (χ1v) is 24.7. The van der Waals surface area contributed by atoms with E-state index in [2.05, 4.69) is 181 Å². The molecule has 0 amide bonds. The Bertz CT molecular complexity index is 3850. The number of allylic oxidation sites excluding steroid dienone is 3. The minimum absolute atomic E-state index is 0.900. The molecule has 0 atom stereocenters. The number of benzene rings is 6. The Hall–Kier alpha value is -9.66. The summed E-state index contributed by atoms with van der Waals surface area (Å²) in [7, 11) is 3.46. The molecule has 356 valence electrons. The van der Waals surface area contributed by atoms with Gasteiger partial charge in [0, 0.05) is 97.0 Å². The number of hydrogen-bond acceptors (Lipinski definition) is 6. The van der Waals surface area contributed by atoms with E-state index >= 15 is 0 Å². The van der Waals surface area contributed by atoms with Crippen LogP contribution in [-0.2, 0) is 6.42 Å². The van der Waals surface area contributed by atoms with Gasteiger partial charge in [-0.3, -0.25) is 29.9 Å². The topological polar surface area (TPSA) is 86.1 Å². The van der Waals surface area contributed by atoms with E-state index in [0.717, 1.165) is 106 Å². The number of aliphatic imine (C=N–C) groups is 2. The molecule has 1 aliphatic rings. The molecule has 12 aromatic rings. The number of nitrogens with zero attached hydrogens (tertiary/aromatic N) is 8. The maximum absolute atomic E-state index is 4.95. The molecule has 0 bridgehead atoms. The number of hydrogen-bond donors (Lipinski definition) is 0. The van der Waals surface area contributed by atoms with Crippen molar-refractivity contribution in [3.05, 3.63) is 243 Å². The Labute approximate surface area is 430 Å². The molecule has 6 aromatic heterocycles.